The van der Waals surface area contributed by atoms with E-state index in [4.69, 9.17) is 0 Å². The second-order valence-corrected chi connectivity index (χ2v) is 5.55. The van der Waals surface area contributed by atoms with E-state index in [1.807, 2.05) is 0 Å². The van der Waals surface area contributed by atoms with E-state index in [2.05, 4.69) is 24.3 Å². The van der Waals surface area contributed by atoms with Crippen molar-refractivity contribution in [1.82, 2.24) is 10.4 Å². The first kappa shape index (κ1) is 11.4. The molecule has 0 amide bonds. The SMILES string of the molecule is CC1CCCC(C)N1NCC1CCCC1. The van der Waals surface area contributed by atoms with Crippen LogP contribution in [0.2, 0.25) is 0 Å². The molecule has 1 saturated heterocycles. The topological polar surface area (TPSA) is 15.3 Å². The zero-order valence-corrected chi connectivity index (χ0v) is 10.3. The molecule has 1 saturated carbocycles. The van der Waals surface area contributed by atoms with Gasteiger partial charge in [-0.25, -0.2) is 5.01 Å². The molecular weight excluding hydrogens is 184 g/mol. The van der Waals surface area contributed by atoms with Crippen LogP contribution in [-0.2, 0) is 0 Å². The lowest BCUT2D eigenvalue weighted by Crippen LogP contribution is -2.53. The van der Waals surface area contributed by atoms with Crippen LogP contribution in [0.3, 0.4) is 0 Å². The Bertz CT molecular complexity index is 177. The summed E-state index contributed by atoms with van der Waals surface area (Å²) in [6.07, 6.45) is 9.94. The van der Waals surface area contributed by atoms with Crippen molar-refractivity contribution in [2.24, 2.45) is 5.92 Å². The Labute approximate surface area is 94.4 Å². The van der Waals surface area contributed by atoms with Gasteiger partial charge in [-0.2, -0.15) is 0 Å². The maximum absolute atomic E-state index is 3.70. The van der Waals surface area contributed by atoms with Gasteiger partial charge in [-0.15, -0.1) is 0 Å². The van der Waals surface area contributed by atoms with Gasteiger partial charge in [-0.1, -0.05) is 19.3 Å². The van der Waals surface area contributed by atoms with Crippen molar-refractivity contribution in [3.05, 3.63) is 0 Å². The molecule has 2 unspecified atom stereocenters. The normalized spacial score (nSPS) is 34.8. The molecule has 2 heteroatoms. The van der Waals surface area contributed by atoms with Crippen molar-refractivity contribution < 1.29 is 0 Å². The molecule has 0 aromatic rings. The number of hydrogen-bond donors (Lipinski definition) is 1. The highest BCUT2D eigenvalue weighted by Gasteiger charge is 2.25. The minimum atomic E-state index is 0.732. The summed E-state index contributed by atoms with van der Waals surface area (Å²) in [5.41, 5.74) is 3.70. The minimum absolute atomic E-state index is 0.732. The van der Waals surface area contributed by atoms with E-state index in [1.165, 1.54) is 51.5 Å². The first-order valence-corrected chi connectivity index (χ1v) is 6.79. The molecule has 1 N–H and O–H groups in total. The first-order chi connectivity index (χ1) is 7.27. The lowest BCUT2D eigenvalue weighted by atomic mass is 9.99. The molecule has 0 radical (unpaired) electrons. The second kappa shape index (κ2) is 5.31. The average Bonchev–Trinajstić information content (AvgIpc) is 2.70. The molecule has 0 aromatic carbocycles. The Hall–Kier alpha value is -0.0800. The molecule has 1 aliphatic carbocycles. The zero-order chi connectivity index (χ0) is 10.7. The summed E-state index contributed by atoms with van der Waals surface area (Å²) < 4.78 is 0. The third-order valence-corrected chi connectivity index (χ3v) is 4.23. The number of nitrogens with one attached hydrogen (secondary N) is 1. The van der Waals surface area contributed by atoms with Crippen molar-refractivity contribution in [2.75, 3.05) is 6.54 Å². The monoisotopic (exact) mass is 210 g/mol. The van der Waals surface area contributed by atoms with Crippen molar-refractivity contribution in [2.45, 2.75) is 70.9 Å². The minimum Gasteiger partial charge on any atom is -0.254 e. The summed E-state index contributed by atoms with van der Waals surface area (Å²) in [4.78, 5) is 0. The highest BCUT2D eigenvalue weighted by Crippen LogP contribution is 2.25. The van der Waals surface area contributed by atoms with E-state index in [-0.39, 0.29) is 0 Å². The van der Waals surface area contributed by atoms with Gasteiger partial charge >= 0.3 is 0 Å². The van der Waals surface area contributed by atoms with Crippen LogP contribution in [0.15, 0.2) is 0 Å². The molecule has 2 atom stereocenters. The van der Waals surface area contributed by atoms with Crippen molar-refractivity contribution in [3.8, 4) is 0 Å². The van der Waals surface area contributed by atoms with Crippen LogP contribution in [-0.4, -0.2) is 23.6 Å². The van der Waals surface area contributed by atoms with E-state index >= 15 is 0 Å². The van der Waals surface area contributed by atoms with Gasteiger partial charge in [0.05, 0.1) is 0 Å². The Morgan fingerprint density at radius 3 is 2.13 bits per heavy atom. The quantitative estimate of drug-likeness (QED) is 0.770. The van der Waals surface area contributed by atoms with Crippen LogP contribution in [0.1, 0.15) is 58.8 Å². The lowest BCUT2D eigenvalue weighted by molar-refractivity contribution is 0.0408. The van der Waals surface area contributed by atoms with Gasteiger partial charge in [0.1, 0.15) is 0 Å². The predicted octanol–water partition coefficient (Wildman–Crippen LogP) is 2.94. The van der Waals surface area contributed by atoms with E-state index < -0.39 is 0 Å². The molecular formula is C13H26N2. The Kier molecular flexibility index (Phi) is 4.04. The maximum Gasteiger partial charge on any atom is 0.0218 e. The van der Waals surface area contributed by atoms with E-state index in [9.17, 15) is 0 Å². The number of piperidine rings is 1. The predicted molar refractivity (Wildman–Crippen MR) is 64.6 cm³/mol. The van der Waals surface area contributed by atoms with E-state index in [1.54, 1.807) is 0 Å². The molecule has 0 aromatic heterocycles. The molecule has 2 fully saturated rings. The van der Waals surface area contributed by atoms with Crippen LogP contribution in [0.4, 0.5) is 0 Å². The molecule has 88 valence electrons. The van der Waals surface area contributed by atoms with Crippen LogP contribution in [0.25, 0.3) is 0 Å². The van der Waals surface area contributed by atoms with Crippen LogP contribution >= 0.6 is 0 Å². The van der Waals surface area contributed by atoms with Crippen LogP contribution in [0.5, 0.6) is 0 Å². The second-order valence-electron chi connectivity index (χ2n) is 5.55. The highest BCUT2D eigenvalue weighted by atomic mass is 15.5. The fourth-order valence-corrected chi connectivity index (χ4v) is 3.18. The molecule has 15 heavy (non-hydrogen) atoms. The Morgan fingerprint density at radius 1 is 0.933 bits per heavy atom. The summed E-state index contributed by atoms with van der Waals surface area (Å²) in [5.74, 6) is 0.950. The lowest BCUT2D eigenvalue weighted by Gasteiger charge is -2.39. The summed E-state index contributed by atoms with van der Waals surface area (Å²) >= 11 is 0. The largest absolute Gasteiger partial charge is 0.254 e. The summed E-state index contributed by atoms with van der Waals surface area (Å²) in [6, 6.07) is 1.46. The van der Waals surface area contributed by atoms with Crippen LogP contribution < -0.4 is 5.43 Å². The van der Waals surface area contributed by atoms with Gasteiger partial charge in [0, 0.05) is 18.6 Å². The number of nitrogens with zero attached hydrogens (tertiary/aromatic N) is 1. The molecule has 2 rings (SSSR count). The van der Waals surface area contributed by atoms with Gasteiger partial charge in [-0.05, 0) is 45.4 Å². The zero-order valence-electron chi connectivity index (χ0n) is 10.3. The molecule has 2 aliphatic rings. The fraction of sp³-hybridized carbons (Fsp3) is 1.00. The van der Waals surface area contributed by atoms with Crippen molar-refractivity contribution >= 4 is 0 Å². The Morgan fingerprint density at radius 2 is 1.53 bits per heavy atom. The van der Waals surface area contributed by atoms with Crippen LogP contribution in [0, 0.1) is 5.92 Å². The van der Waals surface area contributed by atoms with Crippen molar-refractivity contribution in [3.63, 3.8) is 0 Å². The van der Waals surface area contributed by atoms with Crippen molar-refractivity contribution in [1.29, 1.82) is 0 Å². The highest BCUT2D eigenvalue weighted by molar-refractivity contribution is 4.78. The number of rotatable bonds is 3. The van der Waals surface area contributed by atoms with E-state index in [0.717, 1.165) is 18.0 Å². The van der Waals surface area contributed by atoms with E-state index in [0.29, 0.717) is 0 Å². The summed E-state index contributed by atoms with van der Waals surface area (Å²) in [6.45, 7) is 5.93. The number of hydrogen-bond acceptors (Lipinski definition) is 2. The smallest absolute Gasteiger partial charge is 0.0218 e. The van der Waals surface area contributed by atoms with Gasteiger partial charge in [-0.3, -0.25) is 5.43 Å². The molecule has 0 spiro atoms. The molecule has 1 aliphatic heterocycles. The summed E-state index contributed by atoms with van der Waals surface area (Å²) in [7, 11) is 0. The van der Waals surface area contributed by atoms with Gasteiger partial charge in [0.25, 0.3) is 0 Å². The molecule has 1 heterocycles. The third-order valence-electron chi connectivity index (χ3n) is 4.23. The fourth-order valence-electron chi connectivity index (χ4n) is 3.18. The maximum atomic E-state index is 3.70. The molecule has 0 bridgehead atoms. The number of hydrazine groups is 1. The summed E-state index contributed by atoms with van der Waals surface area (Å²) in [5, 5.41) is 2.52. The molecule has 2 nitrogen and oxygen atoms in total. The Balaban J connectivity index is 1.75. The third kappa shape index (κ3) is 2.94. The first-order valence-electron chi connectivity index (χ1n) is 6.79. The van der Waals surface area contributed by atoms with Gasteiger partial charge < -0.3 is 0 Å². The van der Waals surface area contributed by atoms with Gasteiger partial charge in [0.2, 0.25) is 0 Å². The van der Waals surface area contributed by atoms with Gasteiger partial charge in [0.15, 0.2) is 0 Å². The standard InChI is InChI=1S/C13H26N2/c1-11-6-5-7-12(2)15(11)14-10-13-8-3-4-9-13/h11-14H,3-10H2,1-2H3. The average molecular weight is 210 g/mol.